The highest BCUT2D eigenvalue weighted by atomic mass is 14.9. The highest BCUT2D eigenvalue weighted by molar-refractivity contribution is 5.37. The van der Waals surface area contributed by atoms with Crippen molar-refractivity contribution >= 4 is 0 Å². The Morgan fingerprint density at radius 3 is 1.60 bits per heavy atom. The highest BCUT2D eigenvalue weighted by Gasteiger charge is 2.55. The van der Waals surface area contributed by atoms with Gasteiger partial charge in [-0.3, -0.25) is 0 Å². The van der Waals surface area contributed by atoms with Gasteiger partial charge in [0, 0.05) is 11.5 Å². The van der Waals surface area contributed by atoms with Crippen LogP contribution in [-0.2, 0) is 0 Å². The van der Waals surface area contributed by atoms with Crippen molar-refractivity contribution in [2.45, 2.75) is 38.1 Å². The first-order chi connectivity index (χ1) is 9.55. The summed E-state index contributed by atoms with van der Waals surface area (Å²) in [6.07, 6.45) is 2.27. The van der Waals surface area contributed by atoms with Crippen molar-refractivity contribution in [2.24, 2.45) is 11.1 Å². The molecule has 0 radical (unpaired) electrons. The van der Waals surface area contributed by atoms with E-state index in [2.05, 4.69) is 74.5 Å². The fourth-order valence-electron chi connectivity index (χ4n) is 3.38. The molecule has 1 fully saturated rings. The van der Waals surface area contributed by atoms with Crippen LogP contribution in [0.5, 0.6) is 0 Å². The molecule has 0 bridgehead atoms. The van der Waals surface area contributed by atoms with E-state index in [1.54, 1.807) is 0 Å². The minimum absolute atomic E-state index is 0.0245. The summed E-state index contributed by atoms with van der Waals surface area (Å²) < 4.78 is 0. The summed E-state index contributed by atoms with van der Waals surface area (Å²) in [6, 6.07) is 21.6. The zero-order valence-electron chi connectivity index (χ0n) is 12.3. The predicted octanol–water partition coefficient (Wildman–Crippen LogP) is 4.34. The maximum absolute atomic E-state index is 6.60. The quantitative estimate of drug-likeness (QED) is 0.874. The number of benzene rings is 2. The molecule has 0 heterocycles. The molecule has 1 aliphatic carbocycles. The molecule has 2 aromatic rings. The van der Waals surface area contributed by atoms with Crippen LogP contribution in [0.15, 0.2) is 60.7 Å². The van der Waals surface area contributed by atoms with Gasteiger partial charge in [0.1, 0.15) is 0 Å². The Balaban J connectivity index is 2.10. The molecule has 1 aliphatic rings. The maximum Gasteiger partial charge on any atom is 0.0216 e. The van der Waals surface area contributed by atoms with Gasteiger partial charge in [-0.1, -0.05) is 74.5 Å². The van der Waals surface area contributed by atoms with Crippen molar-refractivity contribution in [1.29, 1.82) is 0 Å². The van der Waals surface area contributed by atoms with E-state index in [1.807, 2.05) is 0 Å². The van der Waals surface area contributed by atoms with Gasteiger partial charge in [-0.05, 0) is 29.4 Å². The van der Waals surface area contributed by atoms with Gasteiger partial charge in [-0.15, -0.1) is 0 Å². The largest absolute Gasteiger partial charge is 0.325 e. The Labute approximate surface area is 121 Å². The molecule has 1 nitrogen and oxygen atoms in total. The van der Waals surface area contributed by atoms with Crippen LogP contribution in [0.3, 0.4) is 0 Å². The van der Waals surface area contributed by atoms with E-state index in [-0.39, 0.29) is 11.0 Å². The smallest absolute Gasteiger partial charge is 0.0216 e. The number of nitrogens with two attached hydrogens (primary N) is 1. The van der Waals surface area contributed by atoms with Crippen molar-refractivity contribution in [2.75, 3.05) is 0 Å². The van der Waals surface area contributed by atoms with E-state index in [4.69, 9.17) is 5.73 Å². The molecule has 0 aromatic heterocycles. The third kappa shape index (κ3) is 2.16. The second-order valence-corrected chi connectivity index (χ2v) is 6.63. The first-order valence-corrected chi connectivity index (χ1v) is 7.43. The minimum atomic E-state index is -0.0245. The van der Waals surface area contributed by atoms with Gasteiger partial charge >= 0.3 is 0 Å². The van der Waals surface area contributed by atoms with Crippen molar-refractivity contribution in [3.05, 3.63) is 71.8 Å². The predicted molar refractivity (Wildman–Crippen MR) is 84.7 cm³/mol. The molecule has 0 unspecified atom stereocenters. The Bertz CT molecular complexity index is 528. The van der Waals surface area contributed by atoms with Gasteiger partial charge in [0.05, 0.1) is 0 Å². The lowest BCUT2D eigenvalue weighted by molar-refractivity contribution is 0.231. The Morgan fingerprint density at radius 2 is 1.25 bits per heavy atom. The van der Waals surface area contributed by atoms with E-state index in [1.165, 1.54) is 11.1 Å². The van der Waals surface area contributed by atoms with Crippen molar-refractivity contribution in [3.63, 3.8) is 0 Å². The van der Waals surface area contributed by atoms with Gasteiger partial charge in [0.15, 0.2) is 0 Å². The van der Waals surface area contributed by atoms with Crippen LogP contribution >= 0.6 is 0 Å². The molecular formula is C19H23N. The molecule has 0 amide bonds. The Kier molecular flexibility index (Phi) is 3.18. The minimum Gasteiger partial charge on any atom is -0.325 e. The van der Waals surface area contributed by atoms with Crippen LogP contribution < -0.4 is 5.73 Å². The van der Waals surface area contributed by atoms with Crippen LogP contribution in [0.4, 0.5) is 0 Å². The summed E-state index contributed by atoms with van der Waals surface area (Å²) in [5.74, 6) is 0.345. The SMILES string of the molecule is CC(C)(C(c1ccccc1)c1ccccc1)C1(N)CC1. The monoisotopic (exact) mass is 265 g/mol. The summed E-state index contributed by atoms with van der Waals surface area (Å²) in [6.45, 7) is 4.65. The van der Waals surface area contributed by atoms with Crippen LogP contribution in [0.1, 0.15) is 43.7 Å². The molecule has 1 heteroatoms. The molecule has 0 atom stereocenters. The molecule has 2 N–H and O–H groups in total. The van der Waals surface area contributed by atoms with Gasteiger partial charge in [0.2, 0.25) is 0 Å². The molecule has 104 valence electrons. The number of hydrogen-bond donors (Lipinski definition) is 1. The van der Waals surface area contributed by atoms with E-state index >= 15 is 0 Å². The molecular weight excluding hydrogens is 242 g/mol. The summed E-state index contributed by atoms with van der Waals surface area (Å²) in [7, 11) is 0. The lowest BCUT2D eigenvalue weighted by atomic mass is 9.66. The lowest BCUT2D eigenvalue weighted by Gasteiger charge is -2.40. The second-order valence-electron chi connectivity index (χ2n) is 6.63. The molecule has 2 aromatic carbocycles. The Morgan fingerprint density at radius 1 is 0.850 bits per heavy atom. The van der Waals surface area contributed by atoms with Gasteiger partial charge < -0.3 is 5.73 Å². The summed E-state index contributed by atoms with van der Waals surface area (Å²) >= 11 is 0. The summed E-state index contributed by atoms with van der Waals surface area (Å²) in [4.78, 5) is 0. The molecule has 20 heavy (non-hydrogen) atoms. The molecule has 1 saturated carbocycles. The maximum atomic E-state index is 6.60. The van der Waals surface area contributed by atoms with E-state index < -0.39 is 0 Å². The van der Waals surface area contributed by atoms with E-state index in [0.29, 0.717) is 5.92 Å². The normalized spacial score (nSPS) is 17.2. The van der Waals surface area contributed by atoms with Crippen molar-refractivity contribution in [3.8, 4) is 0 Å². The average molecular weight is 265 g/mol. The molecule has 0 saturated heterocycles. The Hall–Kier alpha value is -1.60. The first kappa shape index (κ1) is 13.4. The third-order valence-electron chi connectivity index (χ3n) is 5.06. The van der Waals surface area contributed by atoms with E-state index in [9.17, 15) is 0 Å². The fourth-order valence-corrected chi connectivity index (χ4v) is 3.38. The van der Waals surface area contributed by atoms with Crippen LogP contribution in [0, 0.1) is 5.41 Å². The van der Waals surface area contributed by atoms with Gasteiger partial charge in [-0.25, -0.2) is 0 Å². The van der Waals surface area contributed by atoms with Gasteiger partial charge in [-0.2, -0.15) is 0 Å². The van der Waals surface area contributed by atoms with E-state index in [0.717, 1.165) is 12.8 Å². The second kappa shape index (κ2) is 4.75. The number of rotatable bonds is 4. The lowest BCUT2D eigenvalue weighted by Crippen LogP contribution is -2.44. The molecule has 0 aliphatic heterocycles. The first-order valence-electron chi connectivity index (χ1n) is 7.43. The van der Waals surface area contributed by atoms with Gasteiger partial charge in [0.25, 0.3) is 0 Å². The zero-order valence-corrected chi connectivity index (χ0v) is 12.3. The van der Waals surface area contributed by atoms with Crippen LogP contribution in [0.25, 0.3) is 0 Å². The molecule has 3 rings (SSSR count). The van der Waals surface area contributed by atoms with Crippen molar-refractivity contribution in [1.82, 2.24) is 0 Å². The zero-order chi connectivity index (χ0) is 14.2. The fraction of sp³-hybridized carbons (Fsp3) is 0.368. The summed E-state index contributed by atoms with van der Waals surface area (Å²) in [5, 5.41) is 0. The van der Waals surface area contributed by atoms with Crippen molar-refractivity contribution < 1.29 is 0 Å². The number of hydrogen-bond acceptors (Lipinski definition) is 1. The topological polar surface area (TPSA) is 26.0 Å². The summed E-state index contributed by atoms with van der Waals surface area (Å²) in [5.41, 5.74) is 9.35. The molecule has 0 spiro atoms. The third-order valence-corrected chi connectivity index (χ3v) is 5.06. The van der Waals surface area contributed by atoms with Crippen LogP contribution in [-0.4, -0.2) is 5.54 Å². The average Bonchev–Trinajstić information content (AvgIpc) is 3.21. The standard InChI is InChI=1S/C19H23N/c1-18(2,19(20)13-14-19)17(15-9-5-3-6-10-15)16-11-7-4-8-12-16/h3-12,17H,13-14,20H2,1-2H3. The van der Waals surface area contributed by atoms with Crippen LogP contribution in [0.2, 0.25) is 0 Å². The highest BCUT2D eigenvalue weighted by Crippen LogP contribution is 2.56.